The molecule has 0 fully saturated rings. The number of aryl methyl sites for hydroxylation is 4. The van der Waals surface area contributed by atoms with Crippen molar-refractivity contribution in [3.05, 3.63) is 125 Å². The van der Waals surface area contributed by atoms with Gasteiger partial charge in [-0.15, -0.1) is 12.4 Å². The van der Waals surface area contributed by atoms with E-state index < -0.39 is 42.8 Å². The van der Waals surface area contributed by atoms with E-state index in [-0.39, 0.29) is 61.9 Å². The maximum Gasteiger partial charge on any atom is 0.323 e. The molecule has 12 nitrogen and oxygen atoms in total. The first-order valence-electron chi connectivity index (χ1n) is 20.5. The van der Waals surface area contributed by atoms with Gasteiger partial charge in [-0.3, -0.25) is 24.6 Å². The lowest BCUT2D eigenvalue weighted by Gasteiger charge is -2.31. The van der Waals surface area contributed by atoms with Crippen molar-refractivity contribution < 1.29 is 52.7 Å². The molecule has 3 aliphatic heterocycles. The summed E-state index contributed by atoms with van der Waals surface area (Å²) in [4.78, 5) is 38.6. The number of esters is 1. The molecule has 0 saturated heterocycles. The lowest BCUT2D eigenvalue weighted by molar-refractivity contribution is -0.146. The number of benzene rings is 4. The molecule has 0 bridgehead atoms. The zero-order chi connectivity index (χ0) is 42.6. The van der Waals surface area contributed by atoms with Crippen molar-refractivity contribution in [2.75, 3.05) is 31.1 Å². The summed E-state index contributed by atoms with van der Waals surface area (Å²) >= 11 is 0. The number of hydrogen-bond acceptors (Lipinski definition) is 10. The molecule has 5 N–H and O–H groups in total. The average Bonchev–Trinajstić information content (AvgIpc) is 3.37. The maximum absolute atomic E-state index is 13.3. The Morgan fingerprint density at radius 3 is 1.93 bits per heavy atom. The fourth-order valence-electron chi connectivity index (χ4n) is 7.82. The largest absolute Gasteiger partial charge is 0.487 e. The number of ether oxygens (including phenoxy) is 3. The number of para-hydroxylation sites is 1. The molecule has 7 rings (SSSR count). The number of halogens is 3. The number of carbonyl (C=O) groups excluding carboxylic acids is 2. The monoisotopic (exact) mass is 865 g/mol. The molecule has 4 aromatic rings. The summed E-state index contributed by atoms with van der Waals surface area (Å²) in [6.45, 7) is 2.08. The number of aliphatic carboxylic acids is 1. The van der Waals surface area contributed by atoms with Crippen LogP contribution in [0.15, 0.2) is 91.0 Å². The second-order valence-electron chi connectivity index (χ2n) is 15.2. The van der Waals surface area contributed by atoms with E-state index in [1.54, 1.807) is 31.2 Å². The molecule has 3 heterocycles. The van der Waals surface area contributed by atoms with Gasteiger partial charge in [0.2, 0.25) is 5.91 Å². The number of hydrogen-bond donors (Lipinski definition) is 5. The lowest BCUT2D eigenvalue weighted by atomic mass is 9.98. The minimum absolute atomic E-state index is 0. The van der Waals surface area contributed by atoms with Crippen molar-refractivity contribution in [3.63, 3.8) is 0 Å². The van der Waals surface area contributed by atoms with Crippen molar-refractivity contribution in [2.45, 2.75) is 94.8 Å². The van der Waals surface area contributed by atoms with Crippen LogP contribution in [0.4, 0.5) is 14.5 Å². The van der Waals surface area contributed by atoms with E-state index in [1.807, 2.05) is 42.5 Å². The Labute approximate surface area is 360 Å². The number of amides is 1. The molecule has 4 aromatic carbocycles. The van der Waals surface area contributed by atoms with Crippen LogP contribution >= 0.6 is 12.4 Å². The molecule has 328 valence electrons. The van der Waals surface area contributed by atoms with Crippen LogP contribution in [0.1, 0.15) is 54.9 Å². The first kappa shape index (κ1) is 46.9. The Balaban J connectivity index is 0.000000227. The molecule has 61 heavy (non-hydrogen) atoms. The molecule has 3 aliphatic rings. The Morgan fingerprint density at radius 1 is 0.803 bits per heavy atom. The number of carboxylic acid groups (broad SMARTS) is 1. The number of carboxylic acids is 1. The summed E-state index contributed by atoms with van der Waals surface area (Å²) in [5.74, 6) is -1.21. The first-order valence-corrected chi connectivity index (χ1v) is 20.5. The van der Waals surface area contributed by atoms with Crippen molar-refractivity contribution in [2.24, 2.45) is 0 Å². The van der Waals surface area contributed by atoms with Gasteiger partial charge in [-0.05, 0) is 123 Å². The molecule has 0 aromatic heterocycles. The van der Waals surface area contributed by atoms with E-state index in [9.17, 15) is 38.5 Å². The van der Waals surface area contributed by atoms with Crippen LogP contribution in [0.5, 0.6) is 11.5 Å². The molecule has 4 unspecified atom stereocenters. The van der Waals surface area contributed by atoms with Gasteiger partial charge in [0.15, 0.2) is 0 Å². The standard InChI is InChI=1S/C24H28N2O5.C22H25F2NO4.ClH/c1-2-31-24(30)20(14-12-17-8-4-3-5-9-17)25-19-15-13-18-10-6-7-11-21(18)26(23(19)29)16-22(27)28;23-15-3-7-19-13(9-15)1-5-21(28-19)17(26)11-25-12-18(27)22-6-2-14-10-16(24)4-8-20(14)29-22;/h3-11,19-20,25H,2,12-16H2,1H3,(H,27,28);3-4,7-10,17-18,21-22,25-27H,1-2,5-6,11-12H2;1H/t19-,20-;;/m0../s1. The third kappa shape index (κ3) is 12.9. The van der Waals surface area contributed by atoms with Gasteiger partial charge in [0.1, 0.15) is 60.1 Å². The summed E-state index contributed by atoms with van der Waals surface area (Å²) in [5.41, 5.74) is 4.23. The van der Waals surface area contributed by atoms with Gasteiger partial charge in [-0.2, -0.15) is 0 Å². The highest BCUT2D eigenvalue weighted by atomic mass is 35.5. The Hall–Kier alpha value is -5.12. The first-order chi connectivity index (χ1) is 29.0. The highest BCUT2D eigenvalue weighted by Gasteiger charge is 2.35. The fourth-order valence-corrected chi connectivity index (χ4v) is 7.82. The van der Waals surface area contributed by atoms with Crippen molar-refractivity contribution >= 4 is 35.9 Å². The maximum atomic E-state index is 13.3. The van der Waals surface area contributed by atoms with Gasteiger partial charge in [0.05, 0.1) is 12.6 Å². The number of aliphatic hydroxyl groups excluding tert-OH is 2. The Kier molecular flexibility index (Phi) is 17.4. The van der Waals surface area contributed by atoms with Gasteiger partial charge in [-0.25, -0.2) is 8.78 Å². The highest BCUT2D eigenvalue weighted by Crippen LogP contribution is 2.31. The predicted molar refractivity (Wildman–Crippen MR) is 227 cm³/mol. The minimum atomic E-state index is -1.09. The lowest BCUT2D eigenvalue weighted by Crippen LogP contribution is -2.53. The van der Waals surface area contributed by atoms with E-state index in [1.165, 1.54) is 29.2 Å². The topological polar surface area (TPSA) is 167 Å². The van der Waals surface area contributed by atoms with Crippen LogP contribution in [-0.2, 0) is 44.8 Å². The number of fused-ring (bicyclic) bond motifs is 3. The van der Waals surface area contributed by atoms with Crippen molar-refractivity contribution in [1.82, 2.24) is 10.6 Å². The zero-order valence-corrected chi connectivity index (χ0v) is 34.8. The number of carbonyl (C=O) groups is 3. The summed E-state index contributed by atoms with van der Waals surface area (Å²) < 4.78 is 43.4. The van der Waals surface area contributed by atoms with Gasteiger partial charge < -0.3 is 34.8 Å². The van der Waals surface area contributed by atoms with Crippen LogP contribution in [-0.4, -0.2) is 95.9 Å². The molecule has 0 aliphatic carbocycles. The number of aliphatic hydroxyl groups is 2. The number of rotatable bonds is 15. The molecule has 6 atom stereocenters. The summed E-state index contributed by atoms with van der Waals surface area (Å²) in [6.07, 6.45) is 2.40. The summed E-state index contributed by atoms with van der Waals surface area (Å²) in [7, 11) is 0. The Bertz CT molecular complexity index is 2010. The molecule has 0 radical (unpaired) electrons. The van der Waals surface area contributed by atoms with Crippen LogP contribution in [0.3, 0.4) is 0 Å². The molecule has 0 spiro atoms. The van der Waals surface area contributed by atoms with E-state index in [2.05, 4.69) is 10.6 Å². The quantitative estimate of drug-likeness (QED) is 0.0978. The molecular formula is C46H54ClF2N3O9. The van der Waals surface area contributed by atoms with Gasteiger partial charge >= 0.3 is 11.9 Å². The SMILES string of the molecule is CCOC(=O)[C@H](CCc1ccccc1)N[C@H]1CCc2ccccc2N(CC(=O)O)C1=O.Cl.OC(CNCC(O)C1CCc2cc(F)ccc2O1)C1CCc2cc(F)ccc2O1. The zero-order valence-electron chi connectivity index (χ0n) is 34.0. The van der Waals surface area contributed by atoms with Crippen LogP contribution in [0.25, 0.3) is 0 Å². The third-order valence-electron chi connectivity index (χ3n) is 10.9. The van der Waals surface area contributed by atoms with Crippen molar-refractivity contribution in [3.8, 4) is 11.5 Å². The number of anilines is 1. The highest BCUT2D eigenvalue weighted by molar-refractivity contribution is 6.02. The van der Waals surface area contributed by atoms with Gasteiger partial charge in [-0.1, -0.05) is 48.5 Å². The van der Waals surface area contributed by atoms with E-state index in [0.29, 0.717) is 68.6 Å². The second-order valence-corrected chi connectivity index (χ2v) is 15.2. The van der Waals surface area contributed by atoms with Crippen LogP contribution in [0, 0.1) is 11.6 Å². The van der Waals surface area contributed by atoms with Gasteiger partial charge in [0, 0.05) is 18.8 Å². The average molecular weight is 866 g/mol. The molecule has 15 heteroatoms. The predicted octanol–water partition coefficient (Wildman–Crippen LogP) is 5.36. The normalized spacial score (nSPS) is 19.3. The minimum Gasteiger partial charge on any atom is -0.487 e. The Morgan fingerprint density at radius 2 is 1.36 bits per heavy atom. The molecule has 0 saturated carbocycles. The van der Waals surface area contributed by atoms with E-state index in [0.717, 1.165) is 22.3 Å². The summed E-state index contributed by atoms with van der Waals surface area (Å²) in [6, 6.07) is 24.6. The fraction of sp³-hybridized carbons (Fsp3) is 0.413. The van der Waals surface area contributed by atoms with Crippen LogP contribution < -0.4 is 25.0 Å². The van der Waals surface area contributed by atoms with Gasteiger partial charge in [0.25, 0.3) is 0 Å². The number of nitrogens with one attached hydrogen (secondary N) is 2. The smallest absolute Gasteiger partial charge is 0.323 e. The molecular weight excluding hydrogens is 812 g/mol. The van der Waals surface area contributed by atoms with E-state index >= 15 is 0 Å². The number of nitrogens with zero attached hydrogens (tertiary/aromatic N) is 1. The molecule has 1 amide bonds. The third-order valence-corrected chi connectivity index (χ3v) is 10.9. The van der Waals surface area contributed by atoms with E-state index in [4.69, 9.17) is 14.2 Å². The second kappa shape index (κ2) is 22.6. The van der Waals surface area contributed by atoms with Crippen LogP contribution in [0.2, 0.25) is 0 Å². The van der Waals surface area contributed by atoms with Crippen molar-refractivity contribution in [1.29, 1.82) is 0 Å². The summed E-state index contributed by atoms with van der Waals surface area (Å²) in [5, 5.41) is 36.4.